The first-order valence-electron chi connectivity index (χ1n) is 11.8. The lowest BCUT2D eigenvalue weighted by molar-refractivity contribution is 0.170. The third kappa shape index (κ3) is 6.77. The van der Waals surface area contributed by atoms with Crippen LogP contribution in [0.1, 0.15) is 44.1 Å². The topological polar surface area (TPSA) is 30.3 Å². The first kappa shape index (κ1) is 22.7. The van der Waals surface area contributed by atoms with Gasteiger partial charge in [-0.3, -0.25) is 0 Å². The maximum atomic E-state index is 6.42. The maximum absolute atomic E-state index is 6.42. The van der Waals surface area contributed by atoms with Gasteiger partial charge in [0.25, 0.3) is 0 Å². The number of aryl methyl sites for hydroxylation is 1. The molecular formula is C27H34ClN3O. The molecule has 2 aromatic carbocycles. The molecule has 5 heteroatoms. The summed E-state index contributed by atoms with van der Waals surface area (Å²) in [6.07, 6.45) is 14.5. The Morgan fingerprint density at radius 1 is 1.06 bits per heavy atom. The fourth-order valence-electron chi connectivity index (χ4n) is 4.63. The van der Waals surface area contributed by atoms with E-state index in [1.165, 1.54) is 43.4 Å². The van der Waals surface area contributed by atoms with Gasteiger partial charge in [-0.15, -0.1) is 0 Å². The van der Waals surface area contributed by atoms with Crippen LogP contribution in [0.4, 0.5) is 5.69 Å². The third-order valence-electron chi connectivity index (χ3n) is 6.48. The van der Waals surface area contributed by atoms with E-state index in [0.717, 1.165) is 42.6 Å². The fraction of sp³-hybridized carbons (Fsp3) is 0.444. The summed E-state index contributed by atoms with van der Waals surface area (Å²) in [6.45, 7) is 1.92. The highest BCUT2D eigenvalue weighted by molar-refractivity contribution is 6.30. The van der Waals surface area contributed by atoms with Gasteiger partial charge in [-0.05, 0) is 73.6 Å². The summed E-state index contributed by atoms with van der Waals surface area (Å²) in [5, 5.41) is 0.772. The highest BCUT2D eigenvalue weighted by Crippen LogP contribution is 2.27. The Hall–Kier alpha value is -2.46. The average molecular weight is 452 g/mol. The largest absolute Gasteiger partial charge is 0.489 e. The van der Waals surface area contributed by atoms with Crippen molar-refractivity contribution in [3.05, 3.63) is 77.8 Å². The van der Waals surface area contributed by atoms with Crippen molar-refractivity contribution in [2.24, 2.45) is 5.92 Å². The molecule has 1 aliphatic carbocycles. The minimum Gasteiger partial charge on any atom is -0.489 e. The lowest BCUT2D eigenvalue weighted by Gasteiger charge is -2.28. The zero-order valence-electron chi connectivity index (χ0n) is 19.0. The quantitative estimate of drug-likeness (QED) is 0.346. The molecule has 0 spiro atoms. The van der Waals surface area contributed by atoms with Crippen molar-refractivity contribution in [3.8, 4) is 5.75 Å². The molecule has 0 N–H and O–H groups in total. The van der Waals surface area contributed by atoms with Crippen LogP contribution in [0.3, 0.4) is 0 Å². The van der Waals surface area contributed by atoms with Gasteiger partial charge in [0, 0.05) is 36.7 Å². The molecule has 0 radical (unpaired) electrons. The Balaban J connectivity index is 1.36. The van der Waals surface area contributed by atoms with Gasteiger partial charge in [-0.25, -0.2) is 4.98 Å². The van der Waals surface area contributed by atoms with Crippen molar-refractivity contribution < 1.29 is 4.74 Å². The van der Waals surface area contributed by atoms with E-state index in [4.69, 9.17) is 16.3 Å². The Kier molecular flexibility index (Phi) is 8.11. The van der Waals surface area contributed by atoms with Gasteiger partial charge >= 0.3 is 0 Å². The van der Waals surface area contributed by atoms with Gasteiger partial charge in [-0.2, -0.15) is 0 Å². The lowest BCUT2D eigenvalue weighted by Crippen LogP contribution is -2.26. The normalized spacial score (nSPS) is 15.4. The van der Waals surface area contributed by atoms with Crippen molar-refractivity contribution in [3.63, 3.8) is 0 Å². The molecular weight excluding hydrogens is 418 g/mol. The lowest BCUT2D eigenvalue weighted by atomic mass is 9.89. The SMILES string of the molecule is CN(CC1CCCCC1)c1ccc(OC(CCc2ccc(Cl)cc2)Cn2ccnc2)cc1. The Bertz CT molecular complexity index is 919. The molecule has 0 bridgehead atoms. The zero-order valence-corrected chi connectivity index (χ0v) is 19.8. The number of halogens is 1. The number of ether oxygens (including phenoxy) is 1. The van der Waals surface area contributed by atoms with Crippen LogP contribution in [0, 0.1) is 5.92 Å². The second-order valence-electron chi connectivity index (χ2n) is 9.04. The summed E-state index contributed by atoms with van der Waals surface area (Å²) in [5.41, 5.74) is 2.53. The van der Waals surface area contributed by atoms with E-state index >= 15 is 0 Å². The third-order valence-corrected chi connectivity index (χ3v) is 6.73. The number of hydrogen-bond acceptors (Lipinski definition) is 3. The number of benzene rings is 2. The summed E-state index contributed by atoms with van der Waals surface area (Å²) in [7, 11) is 2.21. The van der Waals surface area contributed by atoms with Crippen LogP contribution >= 0.6 is 11.6 Å². The molecule has 170 valence electrons. The first-order chi connectivity index (χ1) is 15.7. The van der Waals surface area contributed by atoms with Crippen LogP contribution in [-0.2, 0) is 13.0 Å². The summed E-state index contributed by atoms with van der Waals surface area (Å²) >= 11 is 6.03. The molecule has 32 heavy (non-hydrogen) atoms. The average Bonchev–Trinajstić information content (AvgIpc) is 3.33. The molecule has 1 saturated carbocycles. The molecule has 1 aromatic heterocycles. The van der Waals surface area contributed by atoms with E-state index in [1.54, 1.807) is 0 Å². The molecule has 0 amide bonds. The van der Waals surface area contributed by atoms with Crippen LogP contribution in [0.25, 0.3) is 0 Å². The van der Waals surface area contributed by atoms with Crippen molar-refractivity contribution in [2.45, 2.75) is 57.6 Å². The zero-order chi connectivity index (χ0) is 22.2. The van der Waals surface area contributed by atoms with E-state index in [0.29, 0.717) is 0 Å². The van der Waals surface area contributed by atoms with E-state index in [2.05, 4.69) is 57.9 Å². The molecule has 0 saturated heterocycles. The van der Waals surface area contributed by atoms with E-state index in [-0.39, 0.29) is 6.10 Å². The first-order valence-corrected chi connectivity index (χ1v) is 12.2. The van der Waals surface area contributed by atoms with Gasteiger partial charge in [0.15, 0.2) is 0 Å². The van der Waals surface area contributed by atoms with Gasteiger partial charge in [0.1, 0.15) is 11.9 Å². The van der Waals surface area contributed by atoms with Gasteiger partial charge < -0.3 is 14.2 Å². The highest BCUT2D eigenvalue weighted by Gasteiger charge is 2.16. The van der Waals surface area contributed by atoms with Crippen molar-refractivity contribution in [1.29, 1.82) is 0 Å². The molecule has 1 aliphatic rings. The second-order valence-corrected chi connectivity index (χ2v) is 9.48. The predicted octanol–water partition coefficient (Wildman–Crippen LogP) is 6.63. The molecule has 1 fully saturated rings. The summed E-state index contributed by atoms with van der Waals surface area (Å²) in [5.74, 6) is 1.75. The standard InChI is InChI=1S/C27H34ClN3O/c1-30(19-23-5-3-2-4-6-23)25-12-15-26(16-13-25)32-27(20-31-18-17-29-21-31)14-9-22-7-10-24(28)11-8-22/h7-8,10-13,15-18,21,23,27H,2-6,9,14,19-20H2,1H3. The maximum Gasteiger partial charge on any atom is 0.119 e. The minimum atomic E-state index is 0.0608. The van der Waals surface area contributed by atoms with E-state index < -0.39 is 0 Å². The molecule has 1 atom stereocenters. The van der Waals surface area contributed by atoms with Crippen LogP contribution in [0.2, 0.25) is 5.02 Å². The van der Waals surface area contributed by atoms with Crippen molar-refractivity contribution >= 4 is 17.3 Å². The summed E-state index contributed by atoms with van der Waals surface area (Å²) in [4.78, 5) is 6.57. The molecule has 4 nitrogen and oxygen atoms in total. The monoisotopic (exact) mass is 451 g/mol. The number of aromatic nitrogens is 2. The van der Waals surface area contributed by atoms with Crippen LogP contribution in [0.5, 0.6) is 5.75 Å². The number of nitrogens with zero attached hydrogens (tertiary/aromatic N) is 3. The molecule has 1 heterocycles. The van der Waals surface area contributed by atoms with Crippen LogP contribution in [0.15, 0.2) is 67.3 Å². The van der Waals surface area contributed by atoms with Crippen molar-refractivity contribution in [1.82, 2.24) is 9.55 Å². The predicted molar refractivity (Wildman–Crippen MR) is 133 cm³/mol. The molecule has 0 aliphatic heterocycles. The van der Waals surface area contributed by atoms with E-state index in [1.807, 2.05) is 30.9 Å². The second kappa shape index (κ2) is 11.4. The van der Waals surface area contributed by atoms with Crippen LogP contribution < -0.4 is 9.64 Å². The molecule has 1 unspecified atom stereocenters. The van der Waals surface area contributed by atoms with Gasteiger partial charge in [-0.1, -0.05) is 43.0 Å². The fourth-order valence-corrected chi connectivity index (χ4v) is 4.76. The Morgan fingerprint density at radius 3 is 2.50 bits per heavy atom. The highest BCUT2D eigenvalue weighted by atomic mass is 35.5. The molecule has 3 aromatic rings. The molecule has 4 rings (SSSR count). The number of rotatable bonds is 10. The summed E-state index contributed by atoms with van der Waals surface area (Å²) in [6, 6.07) is 16.7. The van der Waals surface area contributed by atoms with Crippen LogP contribution in [-0.4, -0.2) is 29.2 Å². The number of hydrogen-bond donors (Lipinski definition) is 0. The minimum absolute atomic E-state index is 0.0608. The number of imidazole rings is 1. The van der Waals surface area contributed by atoms with Gasteiger partial charge in [0.2, 0.25) is 0 Å². The number of anilines is 1. The van der Waals surface area contributed by atoms with E-state index in [9.17, 15) is 0 Å². The Morgan fingerprint density at radius 2 is 1.81 bits per heavy atom. The summed E-state index contributed by atoms with van der Waals surface area (Å²) < 4.78 is 8.51. The van der Waals surface area contributed by atoms with Gasteiger partial charge in [0.05, 0.1) is 12.9 Å². The Labute approximate surface area is 197 Å². The van der Waals surface area contributed by atoms with Crippen molar-refractivity contribution in [2.75, 3.05) is 18.5 Å². The smallest absolute Gasteiger partial charge is 0.119 e.